The minimum absolute atomic E-state index is 0.276. The standard InChI is InChI=1S/C16H15BrNO2/c1-18(11-13-7-9-15(17)10-8-13)16(19)20-12-14-5-3-2-4-6-14/h3-10H,11-12H2,1H3. The first-order chi connectivity index (χ1) is 9.65. The van der Waals surface area contributed by atoms with Crippen molar-refractivity contribution in [3.63, 3.8) is 0 Å². The second kappa shape index (κ2) is 7.10. The fourth-order valence-corrected chi connectivity index (χ4v) is 1.97. The van der Waals surface area contributed by atoms with E-state index in [4.69, 9.17) is 4.74 Å². The molecule has 0 aliphatic heterocycles. The molecule has 3 nitrogen and oxygen atoms in total. The second-order valence-electron chi connectivity index (χ2n) is 4.45. The van der Waals surface area contributed by atoms with Gasteiger partial charge in [0.05, 0.1) is 0 Å². The normalized spacial score (nSPS) is 10.1. The number of ether oxygens (including phenoxy) is 1. The Bertz CT molecular complexity index is 554. The van der Waals surface area contributed by atoms with Crippen molar-refractivity contribution < 1.29 is 9.53 Å². The molecule has 0 saturated carbocycles. The highest BCUT2D eigenvalue weighted by Crippen LogP contribution is 2.12. The van der Waals surface area contributed by atoms with Gasteiger partial charge in [-0.05, 0) is 29.3 Å². The van der Waals surface area contributed by atoms with Crippen molar-refractivity contribution in [2.24, 2.45) is 0 Å². The highest BCUT2D eigenvalue weighted by atomic mass is 79.9. The Kier molecular flexibility index (Phi) is 5.18. The lowest BCUT2D eigenvalue weighted by Crippen LogP contribution is -2.26. The molecule has 0 fully saturated rings. The van der Waals surface area contributed by atoms with Crippen LogP contribution in [0.15, 0.2) is 53.0 Å². The van der Waals surface area contributed by atoms with Crippen molar-refractivity contribution in [3.8, 4) is 0 Å². The molecule has 0 unspecified atom stereocenters. The van der Waals surface area contributed by atoms with Crippen LogP contribution in [-0.2, 0) is 17.9 Å². The average molecular weight is 333 g/mol. The van der Waals surface area contributed by atoms with Gasteiger partial charge in [-0.25, -0.2) is 4.79 Å². The monoisotopic (exact) mass is 332 g/mol. The molecule has 0 heterocycles. The van der Waals surface area contributed by atoms with Crippen LogP contribution in [-0.4, -0.2) is 18.0 Å². The van der Waals surface area contributed by atoms with Gasteiger partial charge in [0.15, 0.2) is 0 Å². The molecule has 0 bridgehead atoms. The third-order valence-electron chi connectivity index (χ3n) is 2.79. The predicted octanol–water partition coefficient (Wildman–Crippen LogP) is 4.02. The first-order valence-electron chi connectivity index (χ1n) is 6.22. The molecule has 0 spiro atoms. The number of carbonyl (C=O) groups excluding carboxylic acids is 1. The summed E-state index contributed by atoms with van der Waals surface area (Å²) in [6.45, 7) is 0.798. The van der Waals surface area contributed by atoms with Crippen LogP contribution in [0.2, 0.25) is 0 Å². The summed E-state index contributed by atoms with van der Waals surface area (Å²) in [7, 11) is 1.73. The van der Waals surface area contributed by atoms with E-state index in [1.54, 1.807) is 24.1 Å². The van der Waals surface area contributed by atoms with Crippen LogP contribution in [0.4, 0.5) is 4.79 Å². The van der Waals surface area contributed by atoms with Crippen LogP contribution >= 0.6 is 15.9 Å². The van der Waals surface area contributed by atoms with Crippen molar-refractivity contribution in [1.29, 1.82) is 0 Å². The van der Waals surface area contributed by atoms with Crippen molar-refractivity contribution in [3.05, 3.63) is 70.2 Å². The molecule has 20 heavy (non-hydrogen) atoms. The van der Waals surface area contributed by atoms with Crippen LogP contribution in [0, 0.1) is 6.07 Å². The molecular formula is C16H15BrNO2. The molecule has 2 rings (SSSR count). The summed E-state index contributed by atoms with van der Waals surface area (Å²) in [6, 6.07) is 18.1. The van der Waals surface area contributed by atoms with Crippen LogP contribution in [0.5, 0.6) is 0 Å². The number of hydrogen-bond donors (Lipinski definition) is 0. The number of rotatable bonds is 4. The van der Waals surface area contributed by atoms with E-state index < -0.39 is 0 Å². The van der Waals surface area contributed by atoms with Gasteiger partial charge in [-0.3, -0.25) is 0 Å². The van der Waals surface area contributed by atoms with E-state index in [9.17, 15) is 4.79 Å². The van der Waals surface area contributed by atoms with Crippen molar-refractivity contribution in [1.82, 2.24) is 4.90 Å². The van der Waals surface area contributed by atoms with E-state index in [2.05, 4.69) is 22.0 Å². The first-order valence-corrected chi connectivity index (χ1v) is 7.02. The highest BCUT2D eigenvalue weighted by Gasteiger charge is 2.10. The van der Waals surface area contributed by atoms with E-state index in [0.717, 1.165) is 15.6 Å². The third-order valence-corrected chi connectivity index (χ3v) is 3.32. The van der Waals surface area contributed by atoms with Gasteiger partial charge in [0.1, 0.15) is 6.61 Å². The van der Waals surface area contributed by atoms with Gasteiger partial charge < -0.3 is 9.64 Å². The van der Waals surface area contributed by atoms with Gasteiger partial charge in [-0.2, -0.15) is 0 Å². The molecule has 0 aromatic heterocycles. The topological polar surface area (TPSA) is 29.5 Å². The van der Waals surface area contributed by atoms with Crippen LogP contribution in [0.1, 0.15) is 11.1 Å². The summed E-state index contributed by atoms with van der Waals surface area (Å²) in [6.07, 6.45) is -0.333. The quantitative estimate of drug-likeness (QED) is 0.846. The first kappa shape index (κ1) is 14.6. The molecule has 1 radical (unpaired) electrons. The highest BCUT2D eigenvalue weighted by molar-refractivity contribution is 9.10. The number of benzene rings is 2. The Morgan fingerprint density at radius 3 is 2.45 bits per heavy atom. The average Bonchev–Trinajstić information content (AvgIpc) is 2.48. The smallest absolute Gasteiger partial charge is 0.410 e. The molecule has 4 heteroatoms. The van der Waals surface area contributed by atoms with Gasteiger partial charge in [0.25, 0.3) is 0 Å². The summed E-state index contributed by atoms with van der Waals surface area (Å²) in [4.78, 5) is 13.4. The molecule has 0 aliphatic rings. The fraction of sp³-hybridized carbons (Fsp3) is 0.188. The van der Waals surface area contributed by atoms with Gasteiger partial charge in [-0.15, -0.1) is 0 Å². The number of carbonyl (C=O) groups is 1. The number of halogens is 1. The third kappa shape index (κ3) is 4.38. The SMILES string of the molecule is CN(Cc1ccc(Br)cc1)C(=O)OCc1cc[c]cc1. The summed E-state index contributed by atoms with van der Waals surface area (Å²) < 4.78 is 6.27. The van der Waals surface area contributed by atoms with Gasteiger partial charge in [-0.1, -0.05) is 52.3 Å². The van der Waals surface area contributed by atoms with E-state index in [0.29, 0.717) is 6.54 Å². The minimum atomic E-state index is -0.333. The largest absolute Gasteiger partial charge is 0.445 e. The van der Waals surface area contributed by atoms with E-state index in [-0.39, 0.29) is 12.7 Å². The summed E-state index contributed by atoms with van der Waals surface area (Å²) in [5.41, 5.74) is 2.01. The Morgan fingerprint density at radius 2 is 1.80 bits per heavy atom. The lowest BCUT2D eigenvalue weighted by Gasteiger charge is -2.17. The van der Waals surface area contributed by atoms with Crippen molar-refractivity contribution >= 4 is 22.0 Å². The van der Waals surface area contributed by atoms with E-state index in [1.165, 1.54) is 0 Å². The van der Waals surface area contributed by atoms with Crippen molar-refractivity contribution in [2.45, 2.75) is 13.2 Å². The van der Waals surface area contributed by atoms with Gasteiger partial charge in [0.2, 0.25) is 0 Å². The lowest BCUT2D eigenvalue weighted by atomic mass is 10.2. The maximum Gasteiger partial charge on any atom is 0.410 e. The van der Waals surface area contributed by atoms with E-state index in [1.807, 2.05) is 36.4 Å². The maximum atomic E-state index is 11.9. The molecule has 0 atom stereocenters. The zero-order chi connectivity index (χ0) is 14.4. The van der Waals surface area contributed by atoms with Gasteiger partial charge in [0, 0.05) is 18.1 Å². The number of nitrogens with zero attached hydrogens (tertiary/aromatic N) is 1. The Hall–Kier alpha value is -1.81. The zero-order valence-corrected chi connectivity index (χ0v) is 12.8. The van der Waals surface area contributed by atoms with Crippen LogP contribution in [0.3, 0.4) is 0 Å². The Morgan fingerprint density at radius 1 is 1.15 bits per heavy atom. The molecule has 0 N–H and O–H groups in total. The summed E-state index contributed by atoms with van der Waals surface area (Å²) in [5.74, 6) is 0. The molecule has 2 aromatic rings. The summed E-state index contributed by atoms with van der Waals surface area (Å²) >= 11 is 3.38. The molecule has 2 aromatic carbocycles. The lowest BCUT2D eigenvalue weighted by molar-refractivity contribution is 0.103. The molecule has 1 amide bonds. The molecule has 103 valence electrons. The summed E-state index contributed by atoms with van der Waals surface area (Å²) in [5, 5.41) is 0. The minimum Gasteiger partial charge on any atom is -0.445 e. The zero-order valence-electron chi connectivity index (χ0n) is 11.2. The van der Waals surface area contributed by atoms with Gasteiger partial charge >= 0.3 is 6.09 Å². The van der Waals surface area contributed by atoms with E-state index >= 15 is 0 Å². The Labute approximate surface area is 127 Å². The maximum absolute atomic E-state index is 11.9. The van der Waals surface area contributed by atoms with Crippen molar-refractivity contribution in [2.75, 3.05) is 7.05 Å². The van der Waals surface area contributed by atoms with Crippen LogP contribution in [0.25, 0.3) is 0 Å². The van der Waals surface area contributed by atoms with Crippen LogP contribution < -0.4 is 0 Å². The molecule has 0 aliphatic carbocycles. The number of amides is 1. The predicted molar refractivity (Wildman–Crippen MR) is 81.1 cm³/mol. The molecular weight excluding hydrogens is 318 g/mol. The second-order valence-corrected chi connectivity index (χ2v) is 5.36. The fourth-order valence-electron chi connectivity index (χ4n) is 1.70. The molecule has 0 saturated heterocycles. The Balaban J connectivity index is 1.84. The number of hydrogen-bond acceptors (Lipinski definition) is 2.